The smallest absolute Gasteiger partial charge is 0.329 e. The Kier molecular flexibility index (Phi) is 9.41. The molecule has 10 nitrogen and oxygen atoms in total. The largest absolute Gasteiger partial charge is 0.490 e. The summed E-state index contributed by atoms with van der Waals surface area (Å²) in [5.41, 5.74) is 3.84. The summed E-state index contributed by atoms with van der Waals surface area (Å²) < 4.78 is 12.0. The number of urea groups is 1. The van der Waals surface area contributed by atoms with Crippen LogP contribution in [0.5, 0.6) is 11.5 Å². The second-order valence-corrected chi connectivity index (χ2v) is 10.1. The molecule has 11 heteroatoms. The number of amides is 5. The number of nitrogens with zero attached hydrogens (tertiary/aromatic N) is 1. The van der Waals surface area contributed by atoms with Gasteiger partial charge in [0.2, 0.25) is 5.91 Å². The fourth-order valence-electron chi connectivity index (χ4n) is 3.87. The standard InChI is InChI=1S/C30H29BrN4O6/c1-4-40-25-14-20(23(31)15-26(25)41-17-28(37)33-22-11-7-19(3)8-12-22)13-24-29(38)35(30(39)34-24)16-27(36)32-21-9-5-18(2)6-10-21/h5-15H,4,16-17H2,1-3H3,(H,32,36)(H,33,37)(H,34,39)/b24-13+. The summed E-state index contributed by atoms with van der Waals surface area (Å²) in [6, 6.07) is 17.1. The van der Waals surface area contributed by atoms with E-state index in [-0.39, 0.29) is 18.2 Å². The lowest BCUT2D eigenvalue weighted by molar-refractivity contribution is -0.127. The number of hydrogen-bond acceptors (Lipinski definition) is 6. The van der Waals surface area contributed by atoms with Gasteiger partial charge in [-0.3, -0.25) is 14.4 Å². The third-order valence-electron chi connectivity index (χ3n) is 5.96. The molecule has 0 atom stereocenters. The number of carbonyl (C=O) groups excluding carboxylic acids is 4. The Morgan fingerprint density at radius 1 is 0.878 bits per heavy atom. The van der Waals surface area contributed by atoms with Gasteiger partial charge in [0.05, 0.1) is 6.61 Å². The highest BCUT2D eigenvalue weighted by Gasteiger charge is 2.35. The van der Waals surface area contributed by atoms with Crippen molar-refractivity contribution in [2.24, 2.45) is 0 Å². The number of hydrogen-bond donors (Lipinski definition) is 3. The van der Waals surface area contributed by atoms with E-state index in [2.05, 4.69) is 31.9 Å². The maximum atomic E-state index is 13.0. The van der Waals surface area contributed by atoms with Crippen LogP contribution in [0.15, 0.2) is 70.8 Å². The maximum absolute atomic E-state index is 13.0. The van der Waals surface area contributed by atoms with Gasteiger partial charge in [0.1, 0.15) is 12.2 Å². The molecular formula is C30H29BrN4O6. The summed E-state index contributed by atoms with van der Waals surface area (Å²) in [5, 5.41) is 7.96. The molecule has 0 saturated carbocycles. The zero-order valence-corrected chi connectivity index (χ0v) is 24.3. The first-order valence-corrected chi connectivity index (χ1v) is 13.6. The van der Waals surface area contributed by atoms with E-state index in [1.807, 2.05) is 38.1 Å². The lowest BCUT2D eigenvalue weighted by Crippen LogP contribution is -2.38. The summed E-state index contributed by atoms with van der Waals surface area (Å²) in [7, 11) is 0. The average Bonchev–Trinajstić information content (AvgIpc) is 3.19. The second-order valence-electron chi connectivity index (χ2n) is 9.25. The topological polar surface area (TPSA) is 126 Å². The summed E-state index contributed by atoms with van der Waals surface area (Å²) in [6.45, 7) is 5.31. The summed E-state index contributed by atoms with van der Waals surface area (Å²) >= 11 is 3.46. The number of ether oxygens (including phenoxy) is 2. The minimum Gasteiger partial charge on any atom is -0.490 e. The van der Waals surface area contributed by atoms with Crippen molar-refractivity contribution in [2.45, 2.75) is 20.8 Å². The number of benzene rings is 3. The molecule has 0 unspecified atom stereocenters. The highest BCUT2D eigenvalue weighted by Crippen LogP contribution is 2.35. The van der Waals surface area contributed by atoms with Crippen molar-refractivity contribution in [1.29, 1.82) is 0 Å². The number of halogens is 1. The highest BCUT2D eigenvalue weighted by atomic mass is 79.9. The van der Waals surface area contributed by atoms with Crippen LogP contribution in [0.1, 0.15) is 23.6 Å². The van der Waals surface area contributed by atoms with Gasteiger partial charge in [-0.1, -0.05) is 51.3 Å². The predicted octanol–water partition coefficient (Wildman–Crippen LogP) is 5.01. The minimum atomic E-state index is -0.707. The Labute approximate surface area is 245 Å². The molecule has 0 aromatic heterocycles. The van der Waals surface area contributed by atoms with Crippen molar-refractivity contribution in [3.05, 3.63) is 87.5 Å². The van der Waals surface area contributed by atoms with Crippen LogP contribution >= 0.6 is 15.9 Å². The van der Waals surface area contributed by atoms with E-state index in [1.165, 1.54) is 6.08 Å². The van der Waals surface area contributed by atoms with Crippen molar-refractivity contribution in [3.8, 4) is 11.5 Å². The van der Waals surface area contributed by atoms with Crippen molar-refractivity contribution < 1.29 is 28.7 Å². The first kappa shape index (κ1) is 29.3. The average molecular weight is 621 g/mol. The number of rotatable bonds is 10. The van der Waals surface area contributed by atoms with Gasteiger partial charge in [0.25, 0.3) is 11.8 Å². The van der Waals surface area contributed by atoms with Gasteiger partial charge in [0.15, 0.2) is 18.1 Å². The zero-order valence-electron chi connectivity index (χ0n) is 22.7. The molecule has 3 aromatic rings. The molecule has 3 N–H and O–H groups in total. The van der Waals surface area contributed by atoms with Crippen LogP contribution in [-0.4, -0.2) is 48.4 Å². The van der Waals surface area contributed by atoms with E-state index >= 15 is 0 Å². The summed E-state index contributed by atoms with van der Waals surface area (Å²) in [6.07, 6.45) is 1.47. The van der Waals surface area contributed by atoms with E-state index in [0.29, 0.717) is 39.5 Å². The lowest BCUT2D eigenvalue weighted by Gasteiger charge is -2.14. The molecule has 0 radical (unpaired) electrons. The second kappa shape index (κ2) is 13.1. The number of imide groups is 1. The molecule has 0 bridgehead atoms. The molecule has 41 heavy (non-hydrogen) atoms. The van der Waals surface area contributed by atoms with Crippen LogP contribution < -0.4 is 25.4 Å². The number of nitrogens with one attached hydrogen (secondary N) is 3. The SMILES string of the molecule is CCOc1cc(/C=C2/NC(=O)N(CC(=O)Nc3ccc(C)cc3)C2=O)c(Br)cc1OCC(=O)Nc1ccc(C)cc1. The molecule has 5 amide bonds. The van der Waals surface area contributed by atoms with Crippen LogP contribution in [0.25, 0.3) is 6.08 Å². The summed E-state index contributed by atoms with van der Waals surface area (Å²) in [4.78, 5) is 51.2. The van der Waals surface area contributed by atoms with Crippen LogP contribution in [-0.2, 0) is 14.4 Å². The number of anilines is 2. The molecule has 1 saturated heterocycles. The first-order valence-electron chi connectivity index (χ1n) is 12.8. The minimum absolute atomic E-state index is 0.00701. The van der Waals surface area contributed by atoms with E-state index in [0.717, 1.165) is 16.0 Å². The Morgan fingerprint density at radius 2 is 1.44 bits per heavy atom. The van der Waals surface area contributed by atoms with Crippen molar-refractivity contribution >= 4 is 57.1 Å². The van der Waals surface area contributed by atoms with Crippen molar-refractivity contribution in [3.63, 3.8) is 0 Å². The molecular weight excluding hydrogens is 592 g/mol. The zero-order chi connectivity index (χ0) is 29.5. The number of carbonyl (C=O) groups is 4. The van der Waals surface area contributed by atoms with Crippen molar-refractivity contribution in [1.82, 2.24) is 10.2 Å². The van der Waals surface area contributed by atoms with E-state index in [4.69, 9.17) is 9.47 Å². The summed E-state index contributed by atoms with van der Waals surface area (Å²) in [5.74, 6) is -0.837. The molecule has 3 aromatic carbocycles. The van der Waals surface area contributed by atoms with Gasteiger partial charge in [-0.25, -0.2) is 9.69 Å². The van der Waals surface area contributed by atoms with Crippen LogP contribution in [0.4, 0.5) is 16.2 Å². The maximum Gasteiger partial charge on any atom is 0.329 e. The predicted molar refractivity (Wildman–Crippen MR) is 159 cm³/mol. The monoisotopic (exact) mass is 620 g/mol. The Bertz CT molecular complexity index is 1500. The van der Waals surface area contributed by atoms with E-state index < -0.39 is 24.4 Å². The molecule has 4 rings (SSSR count). The molecule has 0 aliphatic carbocycles. The third kappa shape index (κ3) is 7.73. The molecule has 1 fully saturated rings. The molecule has 1 aliphatic rings. The molecule has 212 valence electrons. The molecule has 0 spiro atoms. The fourth-order valence-corrected chi connectivity index (χ4v) is 4.31. The highest BCUT2D eigenvalue weighted by molar-refractivity contribution is 9.10. The quantitative estimate of drug-likeness (QED) is 0.216. The van der Waals surface area contributed by atoms with Crippen LogP contribution in [0.2, 0.25) is 0 Å². The van der Waals surface area contributed by atoms with Gasteiger partial charge in [-0.05, 0) is 68.8 Å². The van der Waals surface area contributed by atoms with E-state index in [9.17, 15) is 19.2 Å². The fraction of sp³-hybridized carbons (Fsp3) is 0.200. The Balaban J connectivity index is 1.44. The molecule has 1 aliphatic heterocycles. The Morgan fingerprint density at radius 3 is 2.02 bits per heavy atom. The van der Waals surface area contributed by atoms with Gasteiger partial charge >= 0.3 is 6.03 Å². The normalized spacial score (nSPS) is 13.7. The van der Waals surface area contributed by atoms with E-state index in [1.54, 1.807) is 43.3 Å². The van der Waals surface area contributed by atoms with Crippen LogP contribution in [0, 0.1) is 13.8 Å². The van der Waals surface area contributed by atoms with Gasteiger partial charge in [-0.15, -0.1) is 0 Å². The van der Waals surface area contributed by atoms with Gasteiger partial charge < -0.3 is 25.4 Å². The van der Waals surface area contributed by atoms with Gasteiger partial charge in [0, 0.05) is 15.8 Å². The van der Waals surface area contributed by atoms with Crippen molar-refractivity contribution in [2.75, 3.05) is 30.4 Å². The first-order chi connectivity index (χ1) is 19.6. The Hall–Kier alpha value is -4.64. The third-order valence-corrected chi connectivity index (χ3v) is 6.64. The number of aryl methyl sites for hydroxylation is 2. The lowest BCUT2D eigenvalue weighted by atomic mass is 10.1. The van der Waals surface area contributed by atoms with Gasteiger partial charge in [-0.2, -0.15) is 0 Å². The van der Waals surface area contributed by atoms with Crippen LogP contribution in [0.3, 0.4) is 0 Å². The molecule has 1 heterocycles.